The monoisotopic (exact) mass is 448 g/mol. The Bertz CT molecular complexity index is 774. The minimum absolute atomic E-state index is 0.0318. The first-order valence-electron chi connectivity index (χ1n) is 12.6. The highest BCUT2D eigenvalue weighted by Crippen LogP contribution is 2.72. The molecule has 32 heavy (non-hydrogen) atoms. The van der Waals surface area contributed by atoms with E-state index in [1.54, 1.807) is 0 Å². The predicted octanol–water partition coefficient (Wildman–Crippen LogP) is 4.07. The zero-order chi connectivity index (χ0) is 23.4. The van der Waals surface area contributed by atoms with Crippen LogP contribution in [0.25, 0.3) is 0 Å². The first-order chi connectivity index (χ1) is 15.0. The molecule has 1 spiro atoms. The molecular formula is C26H40O6. The maximum Gasteiger partial charge on any atom is 0.311 e. The Morgan fingerprint density at radius 2 is 1.91 bits per heavy atom. The predicted molar refractivity (Wildman–Crippen MR) is 118 cm³/mol. The number of carbonyl (C=O) groups excluding carboxylic acids is 3. The van der Waals surface area contributed by atoms with Crippen molar-refractivity contribution in [2.45, 2.75) is 104 Å². The standard InChI is InChI=1S/C26H40O6/c1-6-25(4,5)24(30)32-20-9-14(2)12-26-13-19(26)23(29)15(3)18(22(20)26)8-7-17-10-16(27)11-21(28)31-17/h14-20,22,27H,6-13H2,1-5H3/t14-,15-,16-,17-,18+,19+,20+,22+,26+/m1/s1. The molecule has 4 aliphatic rings. The van der Waals surface area contributed by atoms with E-state index in [1.165, 1.54) is 0 Å². The molecule has 0 bridgehead atoms. The second-order valence-corrected chi connectivity index (χ2v) is 11.9. The molecule has 1 aliphatic heterocycles. The fourth-order valence-corrected chi connectivity index (χ4v) is 7.03. The fraction of sp³-hybridized carbons (Fsp3) is 0.885. The smallest absolute Gasteiger partial charge is 0.311 e. The SMILES string of the molecule is CCC(C)(C)C(=O)O[C@H]1C[C@@H](C)C[C@]23C[C@H]2C(=O)[C@H](C)[C@H](CC[C@@H]2C[C@@H](O)CC(=O)O2)[C@@H]13. The van der Waals surface area contributed by atoms with E-state index in [1.807, 2.05) is 27.7 Å². The van der Waals surface area contributed by atoms with E-state index in [-0.39, 0.29) is 59.7 Å². The third-order valence-corrected chi connectivity index (χ3v) is 9.19. The Hall–Kier alpha value is -1.43. The van der Waals surface area contributed by atoms with Crippen LogP contribution in [0, 0.1) is 40.4 Å². The first kappa shape index (κ1) is 23.7. The van der Waals surface area contributed by atoms with Crippen LogP contribution in [0.15, 0.2) is 0 Å². The van der Waals surface area contributed by atoms with E-state index >= 15 is 0 Å². The lowest BCUT2D eigenvalue weighted by atomic mass is 9.56. The highest BCUT2D eigenvalue weighted by Gasteiger charge is 2.71. The van der Waals surface area contributed by atoms with Gasteiger partial charge in [-0.15, -0.1) is 0 Å². The molecule has 4 rings (SSSR count). The van der Waals surface area contributed by atoms with Crippen LogP contribution < -0.4 is 0 Å². The average Bonchev–Trinajstić information content (AvgIpc) is 3.41. The zero-order valence-electron chi connectivity index (χ0n) is 20.3. The molecule has 6 heteroatoms. The molecule has 4 fully saturated rings. The summed E-state index contributed by atoms with van der Waals surface area (Å²) in [5, 5.41) is 9.97. The third kappa shape index (κ3) is 4.12. The number of rotatable bonds is 6. The van der Waals surface area contributed by atoms with Crippen LogP contribution in [0.5, 0.6) is 0 Å². The first-order valence-corrected chi connectivity index (χ1v) is 12.6. The number of Topliss-reactive ketones (excluding diaryl/α,β-unsaturated/α-hetero) is 1. The maximum absolute atomic E-state index is 13.2. The van der Waals surface area contributed by atoms with Crippen LogP contribution in [-0.2, 0) is 23.9 Å². The van der Waals surface area contributed by atoms with E-state index in [9.17, 15) is 19.5 Å². The topological polar surface area (TPSA) is 89.9 Å². The van der Waals surface area contributed by atoms with E-state index in [2.05, 4.69) is 6.92 Å². The number of hydrogen-bond donors (Lipinski definition) is 1. The van der Waals surface area contributed by atoms with Gasteiger partial charge in [0.1, 0.15) is 18.0 Å². The van der Waals surface area contributed by atoms with Crippen molar-refractivity contribution >= 4 is 17.7 Å². The van der Waals surface area contributed by atoms with E-state index in [0.29, 0.717) is 24.5 Å². The van der Waals surface area contributed by atoms with Gasteiger partial charge < -0.3 is 14.6 Å². The van der Waals surface area contributed by atoms with Crippen LogP contribution in [-0.4, -0.2) is 41.1 Å². The molecule has 1 heterocycles. The summed E-state index contributed by atoms with van der Waals surface area (Å²) in [5.74, 6) is 0.607. The molecule has 180 valence electrons. The van der Waals surface area contributed by atoms with Gasteiger partial charge >= 0.3 is 11.9 Å². The molecular weight excluding hydrogens is 408 g/mol. The number of carbonyl (C=O) groups is 3. The summed E-state index contributed by atoms with van der Waals surface area (Å²) in [6.45, 7) is 10.1. The van der Waals surface area contributed by atoms with Gasteiger partial charge in [0, 0.05) is 24.2 Å². The Labute approximate surface area is 191 Å². The second-order valence-electron chi connectivity index (χ2n) is 11.9. The molecule has 6 nitrogen and oxygen atoms in total. The van der Waals surface area contributed by atoms with Gasteiger partial charge in [-0.25, -0.2) is 0 Å². The quantitative estimate of drug-likeness (QED) is 0.616. The van der Waals surface area contributed by atoms with Crippen LogP contribution >= 0.6 is 0 Å². The van der Waals surface area contributed by atoms with Gasteiger partial charge in [-0.3, -0.25) is 14.4 Å². The minimum atomic E-state index is -0.647. The summed E-state index contributed by atoms with van der Waals surface area (Å²) in [5.41, 5.74) is -0.551. The summed E-state index contributed by atoms with van der Waals surface area (Å²) < 4.78 is 11.7. The highest BCUT2D eigenvalue weighted by atomic mass is 16.6. The fourth-order valence-electron chi connectivity index (χ4n) is 7.03. The van der Waals surface area contributed by atoms with Gasteiger partial charge in [-0.05, 0) is 69.6 Å². The molecule has 0 radical (unpaired) electrons. The van der Waals surface area contributed by atoms with Gasteiger partial charge in [0.25, 0.3) is 0 Å². The van der Waals surface area contributed by atoms with Gasteiger partial charge in [-0.2, -0.15) is 0 Å². The molecule has 1 N–H and O–H groups in total. The number of ether oxygens (including phenoxy) is 2. The van der Waals surface area contributed by atoms with Crippen molar-refractivity contribution < 1.29 is 29.0 Å². The molecule has 3 saturated carbocycles. The molecule has 0 aromatic carbocycles. The largest absolute Gasteiger partial charge is 0.462 e. The Morgan fingerprint density at radius 1 is 1.19 bits per heavy atom. The van der Waals surface area contributed by atoms with Crippen molar-refractivity contribution in [1.82, 2.24) is 0 Å². The molecule has 0 unspecified atom stereocenters. The van der Waals surface area contributed by atoms with Crippen molar-refractivity contribution in [2.24, 2.45) is 40.4 Å². The zero-order valence-corrected chi connectivity index (χ0v) is 20.3. The average molecular weight is 449 g/mol. The van der Waals surface area contributed by atoms with Crippen molar-refractivity contribution in [2.75, 3.05) is 0 Å². The summed E-state index contributed by atoms with van der Waals surface area (Å²) in [4.78, 5) is 38.0. The van der Waals surface area contributed by atoms with Gasteiger partial charge in [-0.1, -0.05) is 20.8 Å². The van der Waals surface area contributed by atoms with Crippen LogP contribution in [0.1, 0.15) is 86.0 Å². The number of ketones is 1. The summed E-state index contributed by atoms with van der Waals surface area (Å²) in [6.07, 6.45) is 4.31. The number of aliphatic hydroxyl groups excluding tert-OH is 1. The van der Waals surface area contributed by atoms with Crippen molar-refractivity contribution in [3.63, 3.8) is 0 Å². The van der Waals surface area contributed by atoms with Crippen molar-refractivity contribution in [1.29, 1.82) is 0 Å². The lowest BCUT2D eigenvalue weighted by Gasteiger charge is -2.50. The van der Waals surface area contributed by atoms with Gasteiger partial charge in [0.05, 0.1) is 17.9 Å². The molecule has 0 aromatic rings. The van der Waals surface area contributed by atoms with E-state index < -0.39 is 11.5 Å². The lowest BCUT2D eigenvalue weighted by molar-refractivity contribution is -0.176. The normalized spacial score (nSPS) is 43.7. The van der Waals surface area contributed by atoms with Gasteiger partial charge in [0.15, 0.2) is 0 Å². The number of aliphatic hydroxyl groups is 1. The van der Waals surface area contributed by atoms with Crippen molar-refractivity contribution in [3.8, 4) is 0 Å². The maximum atomic E-state index is 13.2. The van der Waals surface area contributed by atoms with E-state index in [0.717, 1.165) is 32.1 Å². The Balaban J connectivity index is 1.56. The van der Waals surface area contributed by atoms with Gasteiger partial charge in [0.2, 0.25) is 0 Å². The molecule has 0 aromatic heterocycles. The summed E-state index contributed by atoms with van der Waals surface area (Å²) >= 11 is 0. The van der Waals surface area contributed by atoms with Crippen molar-refractivity contribution in [3.05, 3.63) is 0 Å². The molecule has 3 aliphatic carbocycles. The van der Waals surface area contributed by atoms with Crippen LogP contribution in [0.3, 0.4) is 0 Å². The van der Waals surface area contributed by atoms with E-state index in [4.69, 9.17) is 9.47 Å². The third-order valence-electron chi connectivity index (χ3n) is 9.19. The summed E-state index contributed by atoms with van der Waals surface area (Å²) in [6, 6.07) is 0. The Kier molecular flexibility index (Phi) is 6.23. The minimum Gasteiger partial charge on any atom is -0.462 e. The number of cyclic esters (lactones) is 1. The molecule has 1 saturated heterocycles. The lowest BCUT2D eigenvalue weighted by Crippen LogP contribution is -2.52. The number of hydrogen-bond acceptors (Lipinski definition) is 6. The summed E-state index contributed by atoms with van der Waals surface area (Å²) in [7, 11) is 0. The highest BCUT2D eigenvalue weighted by molar-refractivity contribution is 5.88. The second kappa shape index (κ2) is 8.41. The molecule has 0 amide bonds. The van der Waals surface area contributed by atoms with Crippen LogP contribution in [0.2, 0.25) is 0 Å². The number of esters is 2. The van der Waals surface area contributed by atoms with Crippen LogP contribution in [0.4, 0.5) is 0 Å². The Morgan fingerprint density at radius 3 is 2.56 bits per heavy atom. The molecule has 9 atom stereocenters.